The molecule has 0 unspecified atom stereocenters. The normalized spacial score (nSPS) is 10.5. The molecule has 0 aliphatic carbocycles. The Bertz CT molecular complexity index is 400. The molecular weight excluding hydrogens is 387 g/mol. The average Bonchev–Trinajstić information content (AvgIpc) is 2.15. The van der Waals surface area contributed by atoms with Crippen molar-refractivity contribution < 1.29 is 18.3 Å². The lowest BCUT2D eigenvalue weighted by Gasteiger charge is -2.08. The number of hydrogen-bond donors (Lipinski definition) is 0. The SMILES string of the molecule is COC(=O)c1c(I)cc(Br)nc1C(F)F. The van der Waals surface area contributed by atoms with Crippen molar-refractivity contribution in [1.29, 1.82) is 0 Å². The lowest BCUT2D eigenvalue weighted by atomic mass is 10.2. The molecule has 7 heteroatoms. The first-order valence-electron chi connectivity index (χ1n) is 3.69. The van der Waals surface area contributed by atoms with Crippen molar-refractivity contribution in [2.45, 2.75) is 6.43 Å². The maximum Gasteiger partial charge on any atom is 0.341 e. The number of aromatic nitrogens is 1. The highest BCUT2D eigenvalue weighted by Crippen LogP contribution is 2.27. The summed E-state index contributed by atoms with van der Waals surface area (Å²) in [6, 6.07) is 1.47. The quantitative estimate of drug-likeness (QED) is 0.441. The average molecular weight is 392 g/mol. The van der Waals surface area contributed by atoms with Gasteiger partial charge in [-0.2, -0.15) is 0 Å². The van der Waals surface area contributed by atoms with Gasteiger partial charge in [-0.25, -0.2) is 18.6 Å². The molecule has 82 valence electrons. The first-order valence-corrected chi connectivity index (χ1v) is 5.57. The van der Waals surface area contributed by atoms with E-state index >= 15 is 0 Å². The highest BCUT2D eigenvalue weighted by molar-refractivity contribution is 14.1. The van der Waals surface area contributed by atoms with Gasteiger partial charge in [0, 0.05) is 3.57 Å². The monoisotopic (exact) mass is 391 g/mol. The fourth-order valence-corrected chi connectivity index (χ4v) is 2.60. The lowest BCUT2D eigenvalue weighted by molar-refractivity contribution is 0.0585. The Morgan fingerprint density at radius 3 is 2.73 bits per heavy atom. The summed E-state index contributed by atoms with van der Waals surface area (Å²) in [6.45, 7) is 0. The van der Waals surface area contributed by atoms with Gasteiger partial charge >= 0.3 is 5.97 Å². The van der Waals surface area contributed by atoms with Crippen LogP contribution in [0.5, 0.6) is 0 Å². The van der Waals surface area contributed by atoms with Gasteiger partial charge in [-0.15, -0.1) is 0 Å². The van der Waals surface area contributed by atoms with Crippen molar-refractivity contribution in [3.63, 3.8) is 0 Å². The van der Waals surface area contributed by atoms with Gasteiger partial charge in [0.25, 0.3) is 6.43 Å². The summed E-state index contributed by atoms with van der Waals surface area (Å²) in [5.41, 5.74) is -0.753. The largest absolute Gasteiger partial charge is 0.465 e. The Labute approximate surface area is 106 Å². The van der Waals surface area contributed by atoms with E-state index in [1.165, 1.54) is 6.07 Å². The molecule has 0 saturated carbocycles. The highest BCUT2D eigenvalue weighted by atomic mass is 127. The first kappa shape index (κ1) is 12.8. The van der Waals surface area contributed by atoms with Gasteiger partial charge in [0.05, 0.1) is 7.11 Å². The van der Waals surface area contributed by atoms with Crippen LogP contribution < -0.4 is 0 Å². The molecule has 0 N–H and O–H groups in total. The van der Waals surface area contributed by atoms with Crippen LogP contribution in [0.1, 0.15) is 22.5 Å². The van der Waals surface area contributed by atoms with Crippen molar-refractivity contribution in [2.75, 3.05) is 7.11 Å². The Balaban J connectivity index is 3.40. The van der Waals surface area contributed by atoms with Gasteiger partial charge in [0.2, 0.25) is 0 Å². The second-order valence-corrected chi connectivity index (χ2v) is 4.45. The second kappa shape index (κ2) is 5.15. The number of carbonyl (C=O) groups excluding carboxylic acids is 1. The molecule has 0 bridgehead atoms. The zero-order valence-corrected chi connectivity index (χ0v) is 11.2. The summed E-state index contributed by atoms with van der Waals surface area (Å²) in [6.07, 6.45) is -2.81. The van der Waals surface area contributed by atoms with Gasteiger partial charge in [-0.3, -0.25) is 0 Å². The number of ether oxygens (including phenoxy) is 1. The molecule has 15 heavy (non-hydrogen) atoms. The van der Waals surface area contributed by atoms with E-state index in [-0.39, 0.29) is 10.2 Å². The van der Waals surface area contributed by atoms with E-state index < -0.39 is 18.1 Å². The number of esters is 1. The number of hydrogen-bond acceptors (Lipinski definition) is 3. The smallest absolute Gasteiger partial charge is 0.341 e. The van der Waals surface area contributed by atoms with Crippen LogP contribution in [0.4, 0.5) is 8.78 Å². The van der Waals surface area contributed by atoms with Crippen LogP contribution in [0.3, 0.4) is 0 Å². The molecular formula is C8H5BrF2INO2. The molecule has 0 fully saturated rings. The van der Waals surface area contributed by atoms with Gasteiger partial charge in [0.15, 0.2) is 0 Å². The Morgan fingerprint density at radius 1 is 1.67 bits per heavy atom. The van der Waals surface area contributed by atoms with Gasteiger partial charge in [-0.05, 0) is 44.6 Å². The number of methoxy groups -OCH3 is 1. The van der Waals surface area contributed by atoms with E-state index in [0.717, 1.165) is 7.11 Å². The number of rotatable bonds is 2. The second-order valence-electron chi connectivity index (χ2n) is 2.48. The fraction of sp³-hybridized carbons (Fsp3) is 0.250. The molecule has 1 heterocycles. The van der Waals surface area contributed by atoms with E-state index in [0.29, 0.717) is 3.57 Å². The Morgan fingerprint density at radius 2 is 2.27 bits per heavy atom. The van der Waals surface area contributed by atoms with Crippen LogP contribution >= 0.6 is 38.5 Å². The standard InChI is InChI=1S/C8H5BrF2INO2/c1-15-8(14)5-3(12)2-4(9)13-6(5)7(10)11/h2,7H,1H3. The third kappa shape index (κ3) is 2.83. The minimum atomic E-state index is -2.81. The molecule has 0 radical (unpaired) electrons. The van der Waals surface area contributed by atoms with Crippen molar-refractivity contribution in [1.82, 2.24) is 4.98 Å². The molecule has 0 aliphatic rings. The minimum absolute atomic E-state index is 0.184. The van der Waals surface area contributed by atoms with Gasteiger partial charge in [-0.1, -0.05) is 0 Å². The predicted octanol–water partition coefficient (Wildman–Crippen LogP) is 3.17. The summed E-state index contributed by atoms with van der Waals surface area (Å²) < 4.78 is 30.2. The third-order valence-corrected chi connectivity index (χ3v) is 2.82. The number of carbonyl (C=O) groups is 1. The fourth-order valence-electron chi connectivity index (χ4n) is 0.964. The summed E-state index contributed by atoms with van der Waals surface area (Å²) in [5.74, 6) is -0.810. The molecule has 0 atom stereocenters. The molecule has 1 rings (SSSR count). The van der Waals surface area contributed by atoms with Crippen LogP contribution in [-0.4, -0.2) is 18.1 Å². The summed E-state index contributed by atoms with van der Waals surface area (Å²) >= 11 is 4.76. The minimum Gasteiger partial charge on any atom is -0.465 e. The molecule has 3 nitrogen and oxygen atoms in total. The van der Waals surface area contributed by atoms with E-state index in [4.69, 9.17) is 0 Å². The summed E-state index contributed by atoms with van der Waals surface area (Å²) in [5, 5.41) is 0. The summed E-state index contributed by atoms with van der Waals surface area (Å²) in [7, 11) is 1.13. The molecule has 0 amide bonds. The van der Waals surface area contributed by atoms with Crippen LogP contribution in [0.15, 0.2) is 10.7 Å². The van der Waals surface area contributed by atoms with Crippen molar-refractivity contribution in [3.8, 4) is 0 Å². The van der Waals surface area contributed by atoms with Gasteiger partial charge < -0.3 is 4.74 Å². The third-order valence-electron chi connectivity index (χ3n) is 1.56. The van der Waals surface area contributed by atoms with Crippen LogP contribution in [0.2, 0.25) is 0 Å². The molecule has 0 spiro atoms. The van der Waals surface area contributed by atoms with E-state index in [9.17, 15) is 13.6 Å². The number of alkyl halides is 2. The zero-order valence-electron chi connectivity index (χ0n) is 7.43. The van der Waals surface area contributed by atoms with E-state index in [2.05, 4.69) is 25.7 Å². The Kier molecular flexibility index (Phi) is 4.38. The highest BCUT2D eigenvalue weighted by Gasteiger charge is 2.24. The van der Waals surface area contributed by atoms with Crippen molar-refractivity contribution >= 4 is 44.5 Å². The predicted molar refractivity (Wildman–Crippen MR) is 61.0 cm³/mol. The number of pyridine rings is 1. The van der Waals surface area contributed by atoms with E-state index in [1.807, 2.05) is 0 Å². The van der Waals surface area contributed by atoms with Gasteiger partial charge in [0.1, 0.15) is 15.9 Å². The molecule has 0 aromatic carbocycles. The van der Waals surface area contributed by atoms with E-state index in [1.54, 1.807) is 22.6 Å². The van der Waals surface area contributed by atoms with Crippen LogP contribution in [-0.2, 0) is 4.74 Å². The zero-order chi connectivity index (χ0) is 11.6. The first-order chi connectivity index (χ1) is 6.97. The van der Waals surface area contributed by atoms with Crippen LogP contribution in [0.25, 0.3) is 0 Å². The maximum absolute atomic E-state index is 12.6. The molecule has 1 aromatic rings. The molecule has 0 aliphatic heterocycles. The lowest BCUT2D eigenvalue weighted by Crippen LogP contribution is -2.11. The number of nitrogens with zero attached hydrogens (tertiary/aromatic N) is 1. The summed E-state index contributed by atoms with van der Waals surface area (Å²) in [4.78, 5) is 14.8. The molecule has 0 saturated heterocycles. The van der Waals surface area contributed by atoms with Crippen molar-refractivity contribution in [2.24, 2.45) is 0 Å². The number of halogens is 4. The van der Waals surface area contributed by atoms with Crippen LogP contribution in [0, 0.1) is 3.57 Å². The van der Waals surface area contributed by atoms with Crippen molar-refractivity contribution in [3.05, 3.63) is 25.5 Å². The maximum atomic E-state index is 12.6. The Hall–Kier alpha value is -0.310. The topological polar surface area (TPSA) is 39.2 Å². The molecule has 1 aromatic heterocycles.